The van der Waals surface area contributed by atoms with Gasteiger partial charge in [-0.15, -0.1) is 0 Å². The minimum absolute atomic E-state index is 0.0425. The Hall–Kier alpha value is -2.15. The van der Waals surface area contributed by atoms with Gasteiger partial charge in [-0.2, -0.15) is 0 Å². The normalized spacial score (nSPS) is 18.7. The Balaban J connectivity index is 2.06. The molecule has 0 saturated carbocycles. The summed E-state index contributed by atoms with van der Waals surface area (Å²) < 4.78 is 19.0. The number of anilines is 1. The number of rotatable bonds is 2. The van der Waals surface area contributed by atoms with E-state index >= 15 is 0 Å². The van der Waals surface area contributed by atoms with Crippen molar-refractivity contribution in [1.29, 1.82) is 0 Å². The fourth-order valence-corrected chi connectivity index (χ4v) is 1.95. The lowest BCUT2D eigenvalue weighted by Crippen LogP contribution is -2.46. The van der Waals surface area contributed by atoms with Gasteiger partial charge in [-0.3, -0.25) is 0 Å². The number of benzene rings is 1. The van der Waals surface area contributed by atoms with Crippen molar-refractivity contribution in [2.45, 2.75) is 13.0 Å². The van der Waals surface area contributed by atoms with Gasteiger partial charge in [0.05, 0.1) is 24.0 Å². The molecule has 2 amide bonds. The Morgan fingerprint density at radius 1 is 1.50 bits per heavy atom. The third kappa shape index (κ3) is 3.24. The molecule has 1 heterocycles. The van der Waals surface area contributed by atoms with E-state index in [0.717, 1.165) is 6.07 Å². The van der Waals surface area contributed by atoms with Crippen LogP contribution in [0.1, 0.15) is 17.3 Å². The second kappa shape index (κ2) is 5.87. The summed E-state index contributed by atoms with van der Waals surface area (Å²) in [6.07, 6.45) is -0.0614. The summed E-state index contributed by atoms with van der Waals surface area (Å²) in [5, 5.41) is 11.2. The second-order valence-electron chi connectivity index (χ2n) is 4.56. The zero-order valence-corrected chi connectivity index (χ0v) is 10.9. The van der Waals surface area contributed by atoms with Crippen LogP contribution in [0.15, 0.2) is 18.2 Å². The number of carboxylic acid groups (broad SMARTS) is 1. The van der Waals surface area contributed by atoms with Crippen LogP contribution in [0.2, 0.25) is 0 Å². The molecule has 1 fully saturated rings. The Morgan fingerprint density at radius 2 is 2.25 bits per heavy atom. The molecule has 1 aliphatic heterocycles. The van der Waals surface area contributed by atoms with Crippen LogP contribution in [0.25, 0.3) is 0 Å². The lowest BCUT2D eigenvalue weighted by Gasteiger charge is -2.31. The lowest BCUT2D eigenvalue weighted by molar-refractivity contribution is -0.00139. The summed E-state index contributed by atoms with van der Waals surface area (Å²) in [5.74, 6) is -2.00. The molecule has 1 saturated heterocycles. The highest BCUT2D eigenvalue weighted by atomic mass is 19.1. The molecular formula is C13H15FN2O4. The third-order valence-electron chi connectivity index (χ3n) is 2.99. The zero-order chi connectivity index (χ0) is 14.7. The van der Waals surface area contributed by atoms with E-state index in [1.165, 1.54) is 17.0 Å². The SMILES string of the molecule is CC1CN(C(=O)Nc2ccc(C(=O)O)cc2F)CCO1. The van der Waals surface area contributed by atoms with Gasteiger partial charge in [0.2, 0.25) is 0 Å². The molecule has 1 aliphatic rings. The van der Waals surface area contributed by atoms with Crippen molar-refractivity contribution in [3.8, 4) is 0 Å². The molecule has 20 heavy (non-hydrogen) atoms. The summed E-state index contributed by atoms with van der Waals surface area (Å²) in [6.45, 7) is 3.16. The van der Waals surface area contributed by atoms with E-state index in [9.17, 15) is 14.0 Å². The summed E-state index contributed by atoms with van der Waals surface area (Å²) >= 11 is 0. The lowest BCUT2D eigenvalue weighted by atomic mass is 10.2. The van der Waals surface area contributed by atoms with E-state index in [4.69, 9.17) is 9.84 Å². The topological polar surface area (TPSA) is 78.9 Å². The molecule has 0 spiro atoms. The summed E-state index contributed by atoms with van der Waals surface area (Å²) in [6, 6.07) is 2.92. The predicted molar refractivity (Wildman–Crippen MR) is 69.4 cm³/mol. The average Bonchev–Trinajstić information content (AvgIpc) is 2.40. The molecule has 1 aromatic carbocycles. The first kappa shape index (κ1) is 14.3. The average molecular weight is 282 g/mol. The molecule has 0 aliphatic carbocycles. The Kier molecular flexibility index (Phi) is 4.19. The number of carboxylic acids is 1. The first-order valence-corrected chi connectivity index (χ1v) is 6.17. The summed E-state index contributed by atoms with van der Waals surface area (Å²) in [7, 11) is 0. The van der Waals surface area contributed by atoms with Gasteiger partial charge < -0.3 is 20.1 Å². The van der Waals surface area contributed by atoms with Gasteiger partial charge in [0.25, 0.3) is 0 Å². The minimum Gasteiger partial charge on any atom is -0.478 e. The summed E-state index contributed by atoms with van der Waals surface area (Å²) in [5.41, 5.74) is -0.209. The van der Waals surface area contributed by atoms with Gasteiger partial charge in [-0.05, 0) is 25.1 Å². The first-order chi connectivity index (χ1) is 9.47. The van der Waals surface area contributed by atoms with Crippen LogP contribution >= 0.6 is 0 Å². The molecule has 108 valence electrons. The molecule has 6 nitrogen and oxygen atoms in total. The van der Waals surface area contributed by atoms with Crippen molar-refractivity contribution in [2.75, 3.05) is 25.0 Å². The van der Waals surface area contributed by atoms with Crippen LogP contribution in [0.3, 0.4) is 0 Å². The number of urea groups is 1. The van der Waals surface area contributed by atoms with Crippen LogP contribution in [0.5, 0.6) is 0 Å². The number of ether oxygens (including phenoxy) is 1. The molecular weight excluding hydrogens is 267 g/mol. The van der Waals surface area contributed by atoms with Crippen molar-refractivity contribution in [3.05, 3.63) is 29.6 Å². The largest absolute Gasteiger partial charge is 0.478 e. The number of carbonyl (C=O) groups excluding carboxylic acids is 1. The van der Waals surface area contributed by atoms with E-state index in [2.05, 4.69) is 5.32 Å². The third-order valence-corrected chi connectivity index (χ3v) is 2.99. The maximum absolute atomic E-state index is 13.7. The molecule has 0 aromatic heterocycles. The Bertz CT molecular complexity index is 535. The van der Waals surface area contributed by atoms with Gasteiger partial charge in [0.1, 0.15) is 5.82 Å². The molecule has 0 bridgehead atoms. The fourth-order valence-electron chi connectivity index (χ4n) is 1.95. The molecule has 2 N–H and O–H groups in total. The van der Waals surface area contributed by atoms with E-state index in [1.54, 1.807) is 0 Å². The van der Waals surface area contributed by atoms with Crippen molar-refractivity contribution < 1.29 is 23.8 Å². The number of amides is 2. The van der Waals surface area contributed by atoms with Gasteiger partial charge in [-0.1, -0.05) is 0 Å². The number of nitrogens with zero attached hydrogens (tertiary/aromatic N) is 1. The first-order valence-electron chi connectivity index (χ1n) is 6.17. The molecule has 1 unspecified atom stereocenters. The van der Waals surface area contributed by atoms with Gasteiger partial charge in [-0.25, -0.2) is 14.0 Å². The van der Waals surface area contributed by atoms with Crippen LogP contribution < -0.4 is 5.32 Å². The molecule has 1 atom stereocenters. The quantitative estimate of drug-likeness (QED) is 0.866. The Morgan fingerprint density at radius 3 is 2.85 bits per heavy atom. The van der Waals surface area contributed by atoms with E-state index in [-0.39, 0.29) is 17.4 Å². The molecule has 2 rings (SSSR count). The predicted octanol–water partition coefficient (Wildman–Crippen LogP) is 1.78. The molecule has 0 radical (unpaired) electrons. The van der Waals surface area contributed by atoms with Gasteiger partial charge in [0, 0.05) is 13.1 Å². The van der Waals surface area contributed by atoms with Crippen LogP contribution in [-0.4, -0.2) is 47.8 Å². The number of morpholine rings is 1. The van der Waals surface area contributed by atoms with Crippen molar-refractivity contribution in [1.82, 2.24) is 4.90 Å². The zero-order valence-electron chi connectivity index (χ0n) is 10.9. The highest BCUT2D eigenvalue weighted by molar-refractivity contribution is 5.91. The smallest absolute Gasteiger partial charge is 0.335 e. The van der Waals surface area contributed by atoms with E-state index in [1.807, 2.05) is 6.92 Å². The van der Waals surface area contributed by atoms with E-state index < -0.39 is 17.8 Å². The number of carbonyl (C=O) groups is 2. The maximum Gasteiger partial charge on any atom is 0.335 e. The number of aromatic carboxylic acids is 1. The molecule has 1 aromatic rings. The second-order valence-corrected chi connectivity index (χ2v) is 4.56. The number of hydrogen-bond donors (Lipinski definition) is 2. The van der Waals surface area contributed by atoms with Crippen molar-refractivity contribution >= 4 is 17.7 Å². The summed E-state index contributed by atoms with van der Waals surface area (Å²) in [4.78, 5) is 24.2. The highest BCUT2D eigenvalue weighted by Crippen LogP contribution is 2.17. The highest BCUT2D eigenvalue weighted by Gasteiger charge is 2.22. The van der Waals surface area contributed by atoms with Crippen LogP contribution in [0.4, 0.5) is 14.9 Å². The number of halogens is 1. The van der Waals surface area contributed by atoms with Crippen LogP contribution in [-0.2, 0) is 4.74 Å². The molecule has 7 heteroatoms. The standard InChI is InChI=1S/C13H15FN2O4/c1-8-7-16(4-5-20-8)13(19)15-11-3-2-9(12(17)18)6-10(11)14/h2-3,6,8H,4-5,7H2,1H3,(H,15,19)(H,17,18). The van der Waals surface area contributed by atoms with E-state index in [0.29, 0.717) is 19.7 Å². The van der Waals surface area contributed by atoms with Gasteiger partial charge in [0.15, 0.2) is 0 Å². The van der Waals surface area contributed by atoms with Gasteiger partial charge >= 0.3 is 12.0 Å². The maximum atomic E-state index is 13.7. The monoisotopic (exact) mass is 282 g/mol. The number of hydrogen-bond acceptors (Lipinski definition) is 3. The van der Waals surface area contributed by atoms with Crippen LogP contribution in [0, 0.1) is 5.82 Å². The van der Waals surface area contributed by atoms with Crippen molar-refractivity contribution in [2.24, 2.45) is 0 Å². The number of nitrogens with one attached hydrogen (secondary N) is 1. The van der Waals surface area contributed by atoms with Crippen molar-refractivity contribution in [3.63, 3.8) is 0 Å². The minimum atomic E-state index is -1.22. The fraction of sp³-hybridized carbons (Fsp3) is 0.385. The Labute approximate surface area is 115 Å².